The summed E-state index contributed by atoms with van der Waals surface area (Å²) < 4.78 is 18.2. The van der Waals surface area contributed by atoms with E-state index >= 15 is 0 Å². The van der Waals surface area contributed by atoms with Gasteiger partial charge >= 0.3 is 0 Å². The second-order valence-corrected chi connectivity index (χ2v) is 7.42. The first-order valence-electron chi connectivity index (χ1n) is 9.34. The summed E-state index contributed by atoms with van der Waals surface area (Å²) >= 11 is 1.66. The van der Waals surface area contributed by atoms with Gasteiger partial charge in [0.2, 0.25) is 5.75 Å². The first kappa shape index (κ1) is 20.5. The Kier molecular flexibility index (Phi) is 5.64. The van der Waals surface area contributed by atoms with Gasteiger partial charge in [-0.3, -0.25) is 5.10 Å². The molecule has 0 aliphatic heterocycles. The molecule has 8 nitrogen and oxygen atoms in total. The number of hydrogen-bond acceptors (Lipinski definition) is 7. The van der Waals surface area contributed by atoms with Crippen LogP contribution in [0.15, 0.2) is 47.5 Å². The topological polar surface area (TPSA) is 96.6 Å². The van der Waals surface area contributed by atoms with E-state index in [-0.39, 0.29) is 0 Å². The molecule has 0 amide bonds. The average molecular weight is 436 g/mol. The monoisotopic (exact) mass is 435 g/mol. The van der Waals surface area contributed by atoms with Crippen molar-refractivity contribution in [3.63, 3.8) is 0 Å². The summed E-state index contributed by atoms with van der Waals surface area (Å²) in [5.41, 5.74) is 3.25. The van der Waals surface area contributed by atoms with Gasteiger partial charge in [0.15, 0.2) is 23.0 Å². The van der Waals surface area contributed by atoms with E-state index in [4.69, 9.17) is 19.2 Å². The number of anilines is 2. The van der Waals surface area contributed by atoms with Crippen molar-refractivity contribution in [3.8, 4) is 34.6 Å². The van der Waals surface area contributed by atoms with Crippen LogP contribution in [0.25, 0.3) is 16.9 Å². The molecule has 2 heterocycles. The van der Waals surface area contributed by atoms with Gasteiger partial charge in [-0.05, 0) is 36.6 Å². The molecule has 0 atom stereocenters. The van der Waals surface area contributed by atoms with Crippen LogP contribution in [-0.2, 0) is 0 Å². The van der Waals surface area contributed by atoms with Crippen molar-refractivity contribution in [1.29, 1.82) is 5.26 Å². The van der Waals surface area contributed by atoms with Crippen LogP contribution < -0.4 is 19.5 Å². The third-order valence-corrected chi connectivity index (χ3v) is 5.57. The third kappa shape index (κ3) is 3.62. The molecule has 2 aromatic heterocycles. The van der Waals surface area contributed by atoms with E-state index in [1.165, 1.54) is 0 Å². The van der Waals surface area contributed by atoms with Crippen molar-refractivity contribution in [2.45, 2.75) is 4.90 Å². The van der Waals surface area contributed by atoms with Gasteiger partial charge in [0.25, 0.3) is 0 Å². The molecule has 158 valence electrons. The van der Waals surface area contributed by atoms with Gasteiger partial charge in [0.05, 0.1) is 21.3 Å². The zero-order chi connectivity index (χ0) is 22.0. The van der Waals surface area contributed by atoms with E-state index in [0.29, 0.717) is 40.0 Å². The number of nitrogens with zero attached hydrogens (tertiary/aromatic N) is 3. The summed E-state index contributed by atoms with van der Waals surface area (Å²) in [4.78, 5) is 5.88. The van der Waals surface area contributed by atoms with E-state index in [1.807, 2.05) is 36.6 Å². The Hall–Kier alpha value is -3.77. The first-order chi connectivity index (χ1) is 15.1. The number of thioether (sulfide) groups is 1. The molecular weight excluding hydrogens is 414 g/mol. The molecule has 0 unspecified atom stereocenters. The lowest BCUT2D eigenvalue weighted by atomic mass is 10.1. The molecule has 2 N–H and O–H groups in total. The minimum Gasteiger partial charge on any atom is -0.493 e. The fraction of sp³-hybridized carbons (Fsp3) is 0.182. The molecule has 0 bridgehead atoms. The van der Waals surface area contributed by atoms with Crippen molar-refractivity contribution in [2.75, 3.05) is 32.9 Å². The molecule has 4 aromatic rings. The summed E-state index contributed by atoms with van der Waals surface area (Å²) in [6, 6.07) is 13.9. The van der Waals surface area contributed by atoms with Crippen LogP contribution in [0.1, 0.15) is 5.56 Å². The summed E-state index contributed by atoms with van der Waals surface area (Å²) in [6.45, 7) is 0. The van der Waals surface area contributed by atoms with Gasteiger partial charge in [0.1, 0.15) is 17.3 Å². The summed E-state index contributed by atoms with van der Waals surface area (Å²) in [6.07, 6.45) is 3.66. The lowest BCUT2D eigenvalue weighted by molar-refractivity contribution is 0.324. The van der Waals surface area contributed by atoms with Crippen molar-refractivity contribution in [3.05, 3.63) is 48.2 Å². The van der Waals surface area contributed by atoms with Gasteiger partial charge in [0, 0.05) is 22.3 Å². The molecule has 0 saturated heterocycles. The molecule has 0 spiro atoms. The second-order valence-electron chi connectivity index (χ2n) is 6.54. The maximum absolute atomic E-state index is 9.48. The van der Waals surface area contributed by atoms with Crippen LogP contribution in [0.5, 0.6) is 17.2 Å². The number of methoxy groups -OCH3 is 3. The van der Waals surface area contributed by atoms with Crippen LogP contribution in [0.2, 0.25) is 0 Å². The highest BCUT2D eigenvalue weighted by molar-refractivity contribution is 7.98. The summed E-state index contributed by atoms with van der Waals surface area (Å²) in [5, 5.41) is 16.0. The largest absolute Gasteiger partial charge is 0.493 e. The summed E-state index contributed by atoms with van der Waals surface area (Å²) in [5.74, 6) is 2.22. The minimum absolute atomic E-state index is 0.444. The number of H-pyrrole nitrogens is 1. The number of hydrogen-bond donors (Lipinski definition) is 2. The van der Waals surface area contributed by atoms with Gasteiger partial charge < -0.3 is 19.5 Å². The minimum atomic E-state index is 0.444. The van der Waals surface area contributed by atoms with Crippen molar-refractivity contribution in [1.82, 2.24) is 14.6 Å². The van der Waals surface area contributed by atoms with Crippen molar-refractivity contribution in [2.24, 2.45) is 0 Å². The van der Waals surface area contributed by atoms with Gasteiger partial charge in [-0.2, -0.15) is 5.26 Å². The molecule has 9 heteroatoms. The Bertz CT molecular complexity index is 1260. The zero-order valence-electron chi connectivity index (χ0n) is 17.5. The molecule has 2 aromatic carbocycles. The zero-order valence-corrected chi connectivity index (χ0v) is 18.3. The highest BCUT2D eigenvalue weighted by Crippen LogP contribution is 2.43. The molecular formula is C22H21N5O3S. The van der Waals surface area contributed by atoms with Crippen LogP contribution in [-0.4, -0.2) is 42.2 Å². The molecule has 0 fully saturated rings. The fourth-order valence-electron chi connectivity index (χ4n) is 3.37. The molecule has 4 rings (SSSR count). The van der Waals surface area contributed by atoms with Crippen molar-refractivity contribution >= 4 is 28.9 Å². The highest BCUT2D eigenvalue weighted by Gasteiger charge is 2.22. The summed E-state index contributed by atoms with van der Waals surface area (Å²) in [7, 11) is 4.70. The quantitative estimate of drug-likeness (QED) is 0.406. The number of nitriles is 1. The SMILES string of the molecule is COc1cc(-c2nc3c(C#N)c[nH]n3c2Nc2cccc(SC)c2)cc(OC)c1OC. The number of aromatic nitrogens is 3. The Morgan fingerprint density at radius 2 is 1.84 bits per heavy atom. The normalized spacial score (nSPS) is 10.7. The number of benzene rings is 2. The highest BCUT2D eigenvalue weighted by atomic mass is 32.2. The molecule has 0 saturated carbocycles. The number of fused-ring (bicyclic) bond motifs is 1. The van der Waals surface area contributed by atoms with E-state index in [0.717, 1.165) is 16.1 Å². The third-order valence-electron chi connectivity index (χ3n) is 4.85. The number of imidazole rings is 1. The van der Waals surface area contributed by atoms with Gasteiger partial charge in [-0.15, -0.1) is 11.8 Å². The molecule has 31 heavy (non-hydrogen) atoms. The molecule has 0 radical (unpaired) electrons. The number of ether oxygens (including phenoxy) is 3. The van der Waals surface area contributed by atoms with Crippen LogP contribution in [0.3, 0.4) is 0 Å². The number of nitrogens with one attached hydrogen (secondary N) is 2. The van der Waals surface area contributed by atoms with Gasteiger partial charge in [-0.25, -0.2) is 9.50 Å². The maximum atomic E-state index is 9.48. The number of rotatable bonds is 7. The van der Waals surface area contributed by atoms with Crippen molar-refractivity contribution < 1.29 is 14.2 Å². The Labute approximate surface area is 183 Å². The second kappa shape index (κ2) is 8.53. The van der Waals surface area contributed by atoms with Gasteiger partial charge in [-0.1, -0.05) is 6.07 Å². The fourth-order valence-corrected chi connectivity index (χ4v) is 3.83. The lowest BCUT2D eigenvalue weighted by Crippen LogP contribution is -1.99. The van der Waals surface area contributed by atoms with Crippen LogP contribution in [0.4, 0.5) is 11.5 Å². The predicted molar refractivity (Wildman–Crippen MR) is 121 cm³/mol. The van der Waals surface area contributed by atoms with E-state index < -0.39 is 0 Å². The Morgan fingerprint density at radius 1 is 1.10 bits per heavy atom. The smallest absolute Gasteiger partial charge is 0.203 e. The standard InChI is InChI=1S/C22H21N5O3S/c1-28-17-8-13(9-18(29-2)20(17)30-3)19-22(25-15-6-5-7-16(10-15)31-4)27-21(26-19)14(11-23)12-24-27/h5-10,12,24-25H,1-4H3. The van der Waals surface area contributed by atoms with E-state index in [9.17, 15) is 5.26 Å². The van der Waals surface area contributed by atoms with Crippen LogP contribution >= 0.6 is 11.8 Å². The predicted octanol–water partition coefficient (Wildman–Crippen LogP) is 4.69. The Balaban J connectivity index is 1.93. The maximum Gasteiger partial charge on any atom is 0.203 e. The van der Waals surface area contributed by atoms with E-state index in [1.54, 1.807) is 43.8 Å². The lowest BCUT2D eigenvalue weighted by Gasteiger charge is -2.14. The van der Waals surface area contributed by atoms with Crippen LogP contribution in [0, 0.1) is 11.3 Å². The average Bonchev–Trinajstić information content (AvgIpc) is 3.37. The number of aromatic amines is 1. The Morgan fingerprint density at radius 3 is 2.45 bits per heavy atom. The first-order valence-corrected chi connectivity index (χ1v) is 10.6. The van der Waals surface area contributed by atoms with E-state index in [2.05, 4.69) is 22.6 Å². The molecule has 0 aliphatic rings. The molecule has 0 aliphatic carbocycles.